The number of fused-ring (bicyclic) bond motifs is 1. The standard InChI is InChI=1S/C40H61N6O6P/c1-27(18-46-25-43-31-30(41)8-13-42-32(31)46)52-26-53(49,44-35(2,3)33(47)50-19-28-14-39(15-28)21-37(22-39)9-6-10-37)45-36(4,5)34(48)51-20-29-16-40(17-29)23-38(24-40)11-7-12-38/h8,13,25,27-29H,6-7,9-12,14-24,26H2,1-5H3,(H2,41,42)(H2,44,45,49)/t27-/m1/s1. The zero-order valence-electron chi connectivity index (χ0n) is 32.5. The van der Waals surface area contributed by atoms with Crippen LogP contribution in [0.5, 0.6) is 0 Å². The highest BCUT2D eigenvalue weighted by Gasteiger charge is 2.62. The van der Waals surface area contributed by atoms with Crippen molar-refractivity contribution in [2.24, 2.45) is 33.5 Å². The van der Waals surface area contributed by atoms with Gasteiger partial charge in [-0.05, 0) is 151 Å². The fraction of sp³-hybridized carbons (Fsp3) is 0.800. The highest BCUT2D eigenvalue weighted by Crippen LogP contribution is 2.73. The molecule has 12 nitrogen and oxygen atoms in total. The third-order valence-corrected chi connectivity index (χ3v) is 16.4. The summed E-state index contributed by atoms with van der Waals surface area (Å²) in [5, 5.41) is 6.15. The fourth-order valence-electron chi connectivity index (χ4n) is 11.8. The molecular weight excluding hydrogens is 691 g/mol. The van der Waals surface area contributed by atoms with Gasteiger partial charge < -0.3 is 24.5 Å². The lowest BCUT2D eigenvalue weighted by atomic mass is 9.38. The lowest BCUT2D eigenvalue weighted by Gasteiger charge is -2.67. The van der Waals surface area contributed by atoms with Crippen molar-refractivity contribution in [3.63, 3.8) is 0 Å². The number of nitrogens with zero attached hydrogens (tertiary/aromatic N) is 3. The second kappa shape index (κ2) is 13.0. The SMILES string of the molecule is C[C@H](Cn1cnc2c(N)ccnc21)OCP(=O)(NC(C)(C)C(=O)OCC1CC2(C1)CC1(CCC1)C2)NC(C)(C)C(=O)OCC1CC2(C1)CC1(CCC1)C2. The van der Waals surface area contributed by atoms with Gasteiger partial charge in [-0.3, -0.25) is 14.2 Å². The Labute approximate surface area is 314 Å². The lowest BCUT2D eigenvalue weighted by molar-refractivity contribution is -0.179. The molecule has 13 heteroatoms. The van der Waals surface area contributed by atoms with Gasteiger partial charge in [0.15, 0.2) is 5.65 Å². The Hall–Kier alpha value is -2.53. The van der Waals surface area contributed by atoms with Crippen LogP contribution in [0.3, 0.4) is 0 Å². The molecule has 0 radical (unpaired) electrons. The number of nitrogens with one attached hydrogen (secondary N) is 2. The molecule has 4 N–H and O–H groups in total. The molecule has 8 rings (SSSR count). The minimum absolute atomic E-state index is 0.288. The second-order valence-corrected chi connectivity index (χ2v) is 22.1. The number of carbonyl (C=O) groups is 2. The number of nitrogen functional groups attached to an aromatic ring is 1. The summed E-state index contributed by atoms with van der Waals surface area (Å²) in [5.41, 5.74) is 7.40. The number of esters is 2. The highest BCUT2D eigenvalue weighted by atomic mass is 31.2. The number of aromatic nitrogens is 3. The Morgan fingerprint density at radius 3 is 1.81 bits per heavy atom. The molecule has 0 aliphatic heterocycles. The first-order valence-corrected chi connectivity index (χ1v) is 22.0. The van der Waals surface area contributed by atoms with Crippen LogP contribution in [0.25, 0.3) is 11.2 Å². The number of hydrogen-bond donors (Lipinski definition) is 3. The summed E-state index contributed by atoms with van der Waals surface area (Å²) < 4.78 is 34.6. The zero-order valence-corrected chi connectivity index (χ0v) is 33.4. The minimum atomic E-state index is -3.79. The van der Waals surface area contributed by atoms with E-state index in [1.807, 2.05) is 11.5 Å². The maximum absolute atomic E-state index is 14.9. The molecule has 6 fully saturated rings. The number of hydrogen-bond acceptors (Lipinski definition) is 9. The molecule has 4 spiro atoms. The van der Waals surface area contributed by atoms with Crippen molar-refractivity contribution in [3.8, 4) is 0 Å². The highest BCUT2D eigenvalue weighted by molar-refractivity contribution is 7.59. The van der Waals surface area contributed by atoms with Gasteiger partial charge in [0.1, 0.15) is 22.9 Å². The van der Waals surface area contributed by atoms with E-state index < -0.39 is 36.6 Å². The Balaban J connectivity index is 0.875. The predicted molar refractivity (Wildman–Crippen MR) is 203 cm³/mol. The monoisotopic (exact) mass is 752 g/mol. The first-order valence-electron chi connectivity index (χ1n) is 20.1. The molecule has 2 aromatic rings. The van der Waals surface area contributed by atoms with Crippen LogP contribution in [-0.2, 0) is 34.9 Å². The van der Waals surface area contributed by atoms with Gasteiger partial charge in [-0.1, -0.05) is 12.8 Å². The molecule has 0 bridgehead atoms. The van der Waals surface area contributed by atoms with Crippen molar-refractivity contribution in [2.75, 3.05) is 25.3 Å². The van der Waals surface area contributed by atoms with Crippen LogP contribution in [0.2, 0.25) is 0 Å². The van der Waals surface area contributed by atoms with Crippen LogP contribution in [-0.4, -0.2) is 63.2 Å². The molecule has 0 aromatic carbocycles. The van der Waals surface area contributed by atoms with Gasteiger partial charge in [-0.2, -0.15) is 0 Å². The summed E-state index contributed by atoms with van der Waals surface area (Å²) in [6, 6.07) is 1.70. The van der Waals surface area contributed by atoms with Crippen molar-refractivity contribution in [3.05, 3.63) is 18.6 Å². The first kappa shape index (κ1) is 37.4. The largest absolute Gasteiger partial charge is 0.464 e. The summed E-state index contributed by atoms with van der Waals surface area (Å²) in [6.07, 6.45) is 20.7. The molecule has 2 heterocycles. The maximum Gasteiger partial charge on any atom is 0.326 e. The van der Waals surface area contributed by atoms with Crippen LogP contribution in [0.4, 0.5) is 5.69 Å². The summed E-state index contributed by atoms with van der Waals surface area (Å²) >= 11 is 0. The summed E-state index contributed by atoms with van der Waals surface area (Å²) in [7, 11) is -3.79. The van der Waals surface area contributed by atoms with Crippen molar-refractivity contribution >= 4 is 36.2 Å². The van der Waals surface area contributed by atoms with E-state index in [4.69, 9.17) is 19.9 Å². The van der Waals surface area contributed by atoms with Crippen LogP contribution in [0, 0.1) is 33.5 Å². The minimum Gasteiger partial charge on any atom is -0.464 e. The Morgan fingerprint density at radius 1 is 0.868 bits per heavy atom. The van der Waals surface area contributed by atoms with E-state index >= 15 is 0 Å². The van der Waals surface area contributed by atoms with Gasteiger partial charge >= 0.3 is 11.9 Å². The Morgan fingerprint density at radius 2 is 1.36 bits per heavy atom. The summed E-state index contributed by atoms with van der Waals surface area (Å²) in [5.74, 6) is -0.225. The number of nitrogens with two attached hydrogens (primary N) is 1. The van der Waals surface area contributed by atoms with Crippen LogP contribution in [0.1, 0.15) is 125 Å². The number of ether oxygens (including phenoxy) is 3. The normalized spacial score (nSPS) is 24.5. The maximum atomic E-state index is 14.9. The fourth-order valence-corrected chi connectivity index (χ4v) is 14.4. The number of pyridine rings is 1. The molecule has 6 aliphatic carbocycles. The quantitative estimate of drug-likeness (QED) is 0.126. The van der Waals surface area contributed by atoms with Crippen LogP contribution < -0.4 is 15.9 Å². The molecule has 292 valence electrons. The van der Waals surface area contributed by atoms with Gasteiger partial charge in [0.25, 0.3) is 0 Å². The van der Waals surface area contributed by atoms with Crippen molar-refractivity contribution < 1.29 is 28.4 Å². The van der Waals surface area contributed by atoms with Crippen LogP contribution >= 0.6 is 7.44 Å². The molecule has 2 aromatic heterocycles. The van der Waals surface area contributed by atoms with Gasteiger partial charge in [0, 0.05) is 6.20 Å². The molecule has 0 unspecified atom stereocenters. The van der Waals surface area contributed by atoms with Crippen molar-refractivity contribution in [1.29, 1.82) is 0 Å². The molecule has 53 heavy (non-hydrogen) atoms. The lowest BCUT2D eigenvalue weighted by Crippen LogP contribution is -2.57. The van der Waals surface area contributed by atoms with E-state index in [0.29, 0.717) is 70.1 Å². The average molecular weight is 753 g/mol. The van der Waals surface area contributed by atoms with Gasteiger partial charge in [0.2, 0.25) is 7.44 Å². The van der Waals surface area contributed by atoms with E-state index in [2.05, 4.69) is 20.1 Å². The molecule has 0 amide bonds. The number of rotatable bonds is 15. The topological polar surface area (TPSA) is 160 Å². The summed E-state index contributed by atoms with van der Waals surface area (Å²) in [6.45, 7) is 9.63. The number of carbonyl (C=O) groups excluding carboxylic acids is 2. The third kappa shape index (κ3) is 7.20. The number of imidazole rings is 1. The second-order valence-electron chi connectivity index (χ2n) is 19.9. The average Bonchev–Trinajstić information content (AvgIpc) is 3.38. The van der Waals surface area contributed by atoms with E-state index in [0.717, 1.165) is 25.7 Å². The Bertz CT molecular complexity index is 1690. The molecule has 0 saturated heterocycles. The smallest absolute Gasteiger partial charge is 0.326 e. The number of anilines is 1. The van der Waals surface area contributed by atoms with Crippen molar-refractivity contribution in [1.82, 2.24) is 24.7 Å². The van der Waals surface area contributed by atoms with Gasteiger partial charge in [-0.15, -0.1) is 0 Å². The van der Waals surface area contributed by atoms with Gasteiger partial charge in [-0.25, -0.2) is 20.1 Å². The van der Waals surface area contributed by atoms with E-state index in [9.17, 15) is 14.2 Å². The van der Waals surface area contributed by atoms with E-state index in [1.54, 1.807) is 46.3 Å². The summed E-state index contributed by atoms with van der Waals surface area (Å²) in [4.78, 5) is 35.9. The van der Waals surface area contributed by atoms with Crippen LogP contribution in [0.15, 0.2) is 18.6 Å². The first-order chi connectivity index (χ1) is 24.9. The molecular formula is C40H61N6O6P. The molecule has 1 atom stereocenters. The van der Waals surface area contributed by atoms with E-state index in [-0.39, 0.29) is 6.35 Å². The predicted octanol–water partition coefficient (Wildman–Crippen LogP) is 7.11. The zero-order chi connectivity index (χ0) is 37.5. The molecule has 6 aliphatic rings. The van der Waals surface area contributed by atoms with Gasteiger partial charge in [0.05, 0.1) is 37.9 Å². The molecule has 6 saturated carbocycles. The Kier molecular flexibility index (Phi) is 9.19. The van der Waals surface area contributed by atoms with Crippen molar-refractivity contribution in [2.45, 2.75) is 148 Å². The van der Waals surface area contributed by atoms with E-state index in [1.165, 1.54) is 64.2 Å². The third-order valence-electron chi connectivity index (χ3n) is 14.1.